The fourth-order valence-corrected chi connectivity index (χ4v) is 12.3. The van der Waals surface area contributed by atoms with Gasteiger partial charge in [-0.1, -0.05) is 206 Å². The molecule has 0 radical (unpaired) electrons. The van der Waals surface area contributed by atoms with E-state index < -0.39 is 0 Å². The molecule has 0 N–H and O–H groups in total. The first kappa shape index (κ1) is 36.1. The lowest BCUT2D eigenvalue weighted by atomic mass is 9.73. The van der Waals surface area contributed by atoms with Gasteiger partial charge in [0, 0.05) is 20.5 Å². The van der Waals surface area contributed by atoms with Crippen molar-refractivity contribution in [3.8, 4) is 44.5 Å². The molecule has 0 saturated heterocycles. The molecule has 2 aliphatic carbocycles. The van der Waals surface area contributed by atoms with Gasteiger partial charge in [-0.05, 0) is 130 Å². The molecule has 0 fully saturated rings. The minimum atomic E-state index is -0.332. The summed E-state index contributed by atoms with van der Waals surface area (Å²) in [4.78, 5) is 1.44. The van der Waals surface area contributed by atoms with Crippen molar-refractivity contribution in [2.24, 2.45) is 0 Å². The second-order valence-corrected chi connectivity index (χ2v) is 18.2. The summed E-state index contributed by atoms with van der Waals surface area (Å²) in [6, 6.07) is 83.6. The van der Waals surface area contributed by atoms with E-state index in [2.05, 4.69) is 231 Å². The van der Waals surface area contributed by atoms with E-state index in [0.717, 1.165) is 6.42 Å². The van der Waals surface area contributed by atoms with Crippen molar-refractivity contribution >= 4 is 54.6 Å². The number of hydrogen-bond acceptors (Lipinski definition) is 1. The van der Waals surface area contributed by atoms with Gasteiger partial charge in [0.1, 0.15) is 0 Å². The minimum Gasteiger partial charge on any atom is -0.138 e. The summed E-state index contributed by atoms with van der Waals surface area (Å²) in [6.45, 7) is 0. The molecular formula is C62H40S. The number of allylic oxidation sites excluding steroid dienone is 1. The van der Waals surface area contributed by atoms with Crippen LogP contribution in [0.2, 0.25) is 0 Å². The molecule has 2 aliphatic rings. The standard InChI is InChI=1S/C62H40S/c1-2-13-41(14-3-1)42-27-25-40(26-28-42)35-50(38-49-17-12-16-43-15-4-5-18-51(43)49)47-32-31-44-36-46(30-29-45(44)37-47)48-33-34-58-55(39-48)60-54-21-8-11-24-59(54)63-61(60)62(58)56-22-9-6-19-52(56)53-20-7-10-23-57(53)62/h1-37,39H,38H2/b50-35-. The van der Waals surface area contributed by atoms with Crippen molar-refractivity contribution in [1.29, 1.82) is 0 Å². The van der Waals surface area contributed by atoms with Gasteiger partial charge in [0.25, 0.3) is 0 Å². The Morgan fingerprint density at radius 1 is 0.413 bits per heavy atom. The van der Waals surface area contributed by atoms with Gasteiger partial charge < -0.3 is 0 Å². The lowest BCUT2D eigenvalue weighted by Crippen LogP contribution is -2.24. The molecule has 0 aliphatic heterocycles. The van der Waals surface area contributed by atoms with Gasteiger partial charge in [-0.15, -0.1) is 11.3 Å². The summed E-state index contributed by atoms with van der Waals surface area (Å²) in [5.74, 6) is 0. The zero-order chi connectivity index (χ0) is 41.5. The van der Waals surface area contributed by atoms with Gasteiger partial charge in [-0.2, -0.15) is 0 Å². The molecule has 1 heterocycles. The normalized spacial score (nSPS) is 13.4. The Labute approximate surface area is 371 Å². The maximum absolute atomic E-state index is 2.48. The average molecular weight is 817 g/mol. The van der Waals surface area contributed by atoms with E-state index in [1.807, 2.05) is 11.3 Å². The summed E-state index contributed by atoms with van der Waals surface area (Å²) in [5.41, 5.74) is 19.3. The third-order valence-electron chi connectivity index (χ3n) is 13.7. The first-order valence-corrected chi connectivity index (χ1v) is 22.8. The molecule has 0 nitrogen and oxygen atoms in total. The smallest absolute Gasteiger partial charge is 0.0819 e. The summed E-state index contributed by atoms with van der Waals surface area (Å²) >= 11 is 1.97. The quantitative estimate of drug-likeness (QED) is 0.147. The Kier molecular flexibility index (Phi) is 8.16. The second kappa shape index (κ2) is 14.2. The number of benzene rings is 10. The molecule has 0 atom stereocenters. The molecule has 11 aromatic rings. The van der Waals surface area contributed by atoms with Crippen LogP contribution in [0.15, 0.2) is 224 Å². The third-order valence-corrected chi connectivity index (χ3v) is 15.0. The Bertz CT molecular complexity index is 3590. The second-order valence-electron chi connectivity index (χ2n) is 17.2. The molecule has 63 heavy (non-hydrogen) atoms. The number of thiophene rings is 1. The number of rotatable bonds is 6. The Morgan fingerprint density at radius 3 is 1.84 bits per heavy atom. The molecule has 10 aromatic carbocycles. The van der Waals surface area contributed by atoms with E-state index in [1.165, 1.54) is 120 Å². The highest BCUT2D eigenvalue weighted by Crippen LogP contribution is 2.66. The van der Waals surface area contributed by atoms with E-state index in [4.69, 9.17) is 0 Å². The molecule has 294 valence electrons. The molecular weight excluding hydrogens is 777 g/mol. The van der Waals surface area contributed by atoms with Crippen molar-refractivity contribution in [3.05, 3.63) is 263 Å². The topological polar surface area (TPSA) is 0 Å². The van der Waals surface area contributed by atoms with Crippen molar-refractivity contribution in [2.75, 3.05) is 0 Å². The van der Waals surface area contributed by atoms with Crippen LogP contribution in [-0.2, 0) is 11.8 Å². The third kappa shape index (κ3) is 5.60. The maximum atomic E-state index is 2.48. The summed E-state index contributed by atoms with van der Waals surface area (Å²) in [6.07, 6.45) is 3.21. The SMILES string of the molecule is C(=C(\Cc1cccc2ccccc12)c1ccc2cc(-c3ccc4c(c3)-c3c(sc5ccccc35)C43c4ccccc4-c4ccccc43)ccc2c1)/c1ccc(-c2ccccc2)cc1. The molecule has 1 aromatic heterocycles. The first-order valence-electron chi connectivity index (χ1n) is 21.9. The predicted octanol–water partition coefficient (Wildman–Crippen LogP) is 16.7. The molecule has 0 unspecified atom stereocenters. The fourth-order valence-electron chi connectivity index (χ4n) is 10.8. The zero-order valence-corrected chi connectivity index (χ0v) is 35.4. The zero-order valence-electron chi connectivity index (χ0n) is 34.6. The van der Waals surface area contributed by atoms with Crippen LogP contribution in [0.4, 0.5) is 0 Å². The number of hydrogen-bond donors (Lipinski definition) is 0. The summed E-state index contributed by atoms with van der Waals surface area (Å²) < 4.78 is 1.35. The van der Waals surface area contributed by atoms with Crippen molar-refractivity contribution in [3.63, 3.8) is 0 Å². The minimum absolute atomic E-state index is 0.332. The van der Waals surface area contributed by atoms with Gasteiger partial charge in [0.2, 0.25) is 0 Å². The molecule has 0 saturated carbocycles. The van der Waals surface area contributed by atoms with Gasteiger partial charge in [0.15, 0.2) is 0 Å². The van der Waals surface area contributed by atoms with Crippen LogP contribution in [-0.4, -0.2) is 0 Å². The Balaban J connectivity index is 0.914. The lowest BCUT2D eigenvalue weighted by Gasteiger charge is -2.29. The van der Waals surface area contributed by atoms with Gasteiger partial charge >= 0.3 is 0 Å². The van der Waals surface area contributed by atoms with E-state index in [-0.39, 0.29) is 5.41 Å². The Morgan fingerprint density at radius 2 is 1.02 bits per heavy atom. The van der Waals surface area contributed by atoms with E-state index in [9.17, 15) is 0 Å². The maximum Gasteiger partial charge on any atom is 0.0819 e. The van der Waals surface area contributed by atoms with Crippen molar-refractivity contribution < 1.29 is 0 Å². The Hall–Kier alpha value is -7.58. The van der Waals surface area contributed by atoms with Gasteiger partial charge in [-0.3, -0.25) is 0 Å². The van der Waals surface area contributed by atoms with Crippen molar-refractivity contribution in [2.45, 2.75) is 11.8 Å². The van der Waals surface area contributed by atoms with Crippen molar-refractivity contribution in [1.82, 2.24) is 0 Å². The van der Waals surface area contributed by atoms with Gasteiger partial charge in [-0.25, -0.2) is 0 Å². The van der Waals surface area contributed by atoms with Crippen LogP contribution in [0.5, 0.6) is 0 Å². The van der Waals surface area contributed by atoms with E-state index in [1.54, 1.807) is 0 Å². The van der Waals surface area contributed by atoms with Gasteiger partial charge in [0.05, 0.1) is 5.41 Å². The lowest BCUT2D eigenvalue weighted by molar-refractivity contribution is 0.812. The predicted molar refractivity (Wildman–Crippen MR) is 268 cm³/mol. The van der Waals surface area contributed by atoms with E-state index in [0.29, 0.717) is 0 Å². The fraction of sp³-hybridized carbons (Fsp3) is 0.0323. The average Bonchev–Trinajstić information content (AvgIpc) is 3.98. The van der Waals surface area contributed by atoms with Crippen LogP contribution < -0.4 is 0 Å². The molecule has 0 bridgehead atoms. The molecule has 0 amide bonds. The van der Waals surface area contributed by atoms with E-state index >= 15 is 0 Å². The first-order chi connectivity index (χ1) is 31.2. The monoisotopic (exact) mass is 816 g/mol. The highest BCUT2D eigenvalue weighted by Gasteiger charge is 2.53. The van der Waals surface area contributed by atoms with Crippen LogP contribution in [0.25, 0.3) is 87.8 Å². The van der Waals surface area contributed by atoms with Crippen LogP contribution >= 0.6 is 11.3 Å². The van der Waals surface area contributed by atoms with Crippen LogP contribution in [0.1, 0.15) is 38.3 Å². The highest BCUT2D eigenvalue weighted by molar-refractivity contribution is 7.20. The molecule has 13 rings (SSSR count). The highest BCUT2D eigenvalue weighted by atomic mass is 32.1. The summed E-state index contributed by atoms with van der Waals surface area (Å²) in [7, 11) is 0. The molecule has 1 heteroatoms. The van der Waals surface area contributed by atoms with Crippen LogP contribution in [0.3, 0.4) is 0 Å². The summed E-state index contributed by atoms with van der Waals surface area (Å²) in [5, 5.41) is 6.41. The van der Waals surface area contributed by atoms with Crippen LogP contribution in [0, 0.1) is 0 Å². The largest absolute Gasteiger partial charge is 0.138 e. The molecule has 1 spiro atoms. The number of fused-ring (bicyclic) bond motifs is 14.